The van der Waals surface area contributed by atoms with Crippen LogP contribution in [0.2, 0.25) is 0 Å². The van der Waals surface area contributed by atoms with Gasteiger partial charge in [-0.25, -0.2) is 4.39 Å². The topological polar surface area (TPSA) is 45.4 Å². The van der Waals surface area contributed by atoms with E-state index in [4.69, 9.17) is 9.52 Å². The minimum Gasteiger partial charge on any atom is -0.460 e. The lowest BCUT2D eigenvalue weighted by Gasteiger charge is -2.10. The Bertz CT molecular complexity index is 565. The summed E-state index contributed by atoms with van der Waals surface area (Å²) in [5, 5.41) is 12.1. The summed E-state index contributed by atoms with van der Waals surface area (Å²) in [6.07, 6.45) is 0.713. The summed E-state index contributed by atoms with van der Waals surface area (Å²) in [5.74, 6) is 1.33. The van der Waals surface area contributed by atoms with Crippen LogP contribution in [0, 0.1) is 12.7 Å². The summed E-state index contributed by atoms with van der Waals surface area (Å²) < 4.78 is 18.9. The van der Waals surface area contributed by atoms with Gasteiger partial charge in [-0.05, 0) is 56.2 Å². The molecule has 108 valence electrons. The summed E-state index contributed by atoms with van der Waals surface area (Å²) in [6.45, 7) is 4.67. The molecule has 0 saturated carbocycles. The van der Waals surface area contributed by atoms with Gasteiger partial charge in [0.15, 0.2) is 0 Å². The maximum atomic E-state index is 13.1. The van der Waals surface area contributed by atoms with Crippen molar-refractivity contribution in [2.24, 2.45) is 0 Å². The average molecular weight is 277 g/mol. The number of aryl methyl sites for hydroxylation is 1. The number of aliphatic hydroxyl groups excluding tert-OH is 1. The molecule has 0 saturated heterocycles. The standard InChI is InChI=1S/C16H20FNO2/c1-11-9-13(17)3-5-15(11)16-6-4-14(20-16)10-18-12(2)7-8-19/h3-6,9,12,18-19H,7-8,10H2,1-2H3. The van der Waals surface area contributed by atoms with Crippen LogP contribution in [-0.4, -0.2) is 17.8 Å². The Morgan fingerprint density at radius 1 is 1.30 bits per heavy atom. The zero-order valence-electron chi connectivity index (χ0n) is 11.8. The molecule has 0 bridgehead atoms. The molecule has 0 spiro atoms. The van der Waals surface area contributed by atoms with Crippen molar-refractivity contribution in [2.75, 3.05) is 6.61 Å². The van der Waals surface area contributed by atoms with Crippen molar-refractivity contribution in [3.05, 3.63) is 47.5 Å². The summed E-state index contributed by atoms with van der Waals surface area (Å²) in [4.78, 5) is 0. The number of halogens is 1. The first-order valence-corrected chi connectivity index (χ1v) is 6.79. The zero-order chi connectivity index (χ0) is 14.5. The van der Waals surface area contributed by atoms with Gasteiger partial charge in [-0.2, -0.15) is 0 Å². The lowest BCUT2D eigenvalue weighted by Crippen LogP contribution is -2.26. The number of aliphatic hydroxyl groups is 1. The first kappa shape index (κ1) is 14.8. The molecule has 0 radical (unpaired) electrons. The van der Waals surface area contributed by atoms with Crippen LogP contribution in [0.4, 0.5) is 4.39 Å². The fraction of sp³-hybridized carbons (Fsp3) is 0.375. The number of benzene rings is 1. The number of hydrogen-bond donors (Lipinski definition) is 2. The molecule has 3 nitrogen and oxygen atoms in total. The largest absolute Gasteiger partial charge is 0.460 e. The maximum Gasteiger partial charge on any atom is 0.134 e. The third-order valence-electron chi connectivity index (χ3n) is 3.30. The van der Waals surface area contributed by atoms with Crippen LogP contribution >= 0.6 is 0 Å². The SMILES string of the molecule is Cc1cc(F)ccc1-c1ccc(CNC(C)CCO)o1. The number of rotatable bonds is 6. The molecule has 0 amide bonds. The second-order valence-corrected chi connectivity index (χ2v) is 5.02. The Balaban J connectivity index is 2.05. The fourth-order valence-electron chi connectivity index (χ4n) is 2.09. The number of furan rings is 1. The Kier molecular flexibility index (Phi) is 4.93. The summed E-state index contributed by atoms with van der Waals surface area (Å²) >= 11 is 0. The second kappa shape index (κ2) is 6.68. The van der Waals surface area contributed by atoms with Crippen LogP contribution in [0.5, 0.6) is 0 Å². The molecule has 0 aliphatic carbocycles. The van der Waals surface area contributed by atoms with E-state index >= 15 is 0 Å². The smallest absolute Gasteiger partial charge is 0.134 e. The predicted octanol–water partition coefficient (Wildman–Crippen LogP) is 3.25. The van der Waals surface area contributed by atoms with E-state index in [9.17, 15) is 4.39 Å². The fourth-order valence-corrected chi connectivity index (χ4v) is 2.09. The third-order valence-corrected chi connectivity index (χ3v) is 3.30. The molecular weight excluding hydrogens is 257 g/mol. The van der Waals surface area contributed by atoms with Crippen molar-refractivity contribution in [1.29, 1.82) is 0 Å². The molecule has 2 N–H and O–H groups in total. The third kappa shape index (κ3) is 3.68. The highest BCUT2D eigenvalue weighted by molar-refractivity contribution is 5.62. The molecule has 20 heavy (non-hydrogen) atoms. The molecule has 2 rings (SSSR count). The van der Waals surface area contributed by atoms with Gasteiger partial charge in [-0.3, -0.25) is 0 Å². The van der Waals surface area contributed by atoms with Crippen molar-refractivity contribution in [1.82, 2.24) is 5.32 Å². The lowest BCUT2D eigenvalue weighted by atomic mass is 10.1. The molecular formula is C16H20FNO2. The Morgan fingerprint density at radius 3 is 2.80 bits per heavy atom. The highest BCUT2D eigenvalue weighted by Crippen LogP contribution is 2.26. The summed E-state index contributed by atoms with van der Waals surface area (Å²) in [6, 6.07) is 8.71. The van der Waals surface area contributed by atoms with Gasteiger partial charge in [0.2, 0.25) is 0 Å². The summed E-state index contributed by atoms with van der Waals surface area (Å²) in [5.41, 5.74) is 1.76. The molecule has 2 aromatic rings. The molecule has 0 aliphatic rings. The second-order valence-electron chi connectivity index (χ2n) is 5.02. The van der Waals surface area contributed by atoms with E-state index in [0.717, 1.165) is 22.6 Å². The Labute approximate surface area is 118 Å². The molecule has 1 unspecified atom stereocenters. The summed E-state index contributed by atoms with van der Waals surface area (Å²) in [7, 11) is 0. The van der Waals surface area contributed by atoms with Gasteiger partial charge >= 0.3 is 0 Å². The highest BCUT2D eigenvalue weighted by atomic mass is 19.1. The first-order chi connectivity index (χ1) is 9.60. The van der Waals surface area contributed by atoms with E-state index in [1.807, 2.05) is 26.0 Å². The van der Waals surface area contributed by atoms with Gasteiger partial charge in [0.25, 0.3) is 0 Å². The number of nitrogens with one attached hydrogen (secondary N) is 1. The van der Waals surface area contributed by atoms with E-state index in [-0.39, 0.29) is 18.5 Å². The zero-order valence-corrected chi connectivity index (χ0v) is 11.8. The van der Waals surface area contributed by atoms with Gasteiger partial charge in [-0.15, -0.1) is 0 Å². The molecule has 0 aliphatic heterocycles. The molecule has 1 atom stereocenters. The Hall–Kier alpha value is -1.65. The van der Waals surface area contributed by atoms with Crippen molar-refractivity contribution in [2.45, 2.75) is 32.9 Å². The van der Waals surface area contributed by atoms with Crippen molar-refractivity contribution in [3.8, 4) is 11.3 Å². The van der Waals surface area contributed by atoms with Crippen LogP contribution in [0.3, 0.4) is 0 Å². The van der Waals surface area contributed by atoms with Gasteiger partial charge in [0.1, 0.15) is 17.3 Å². The molecule has 0 fully saturated rings. The lowest BCUT2D eigenvalue weighted by molar-refractivity contribution is 0.267. The highest BCUT2D eigenvalue weighted by Gasteiger charge is 2.09. The van der Waals surface area contributed by atoms with E-state index < -0.39 is 0 Å². The molecule has 1 aromatic heterocycles. The average Bonchev–Trinajstić information content (AvgIpc) is 2.85. The van der Waals surface area contributed by atoms with Crippen LogP contribution in [0.25, 0.3) is 11.3 Å². The van der Waals surface area contributed by atoms with Gasteiger partial charge < -0.3 is 14.8 Å². The quantitative estimate of drug-likeness (QED) is 0.852. The van der Waals surface area contributed by atoms with Crippen LogP contribution in [0.15, 0.2) is 34.7 Å². The van der Waals surface area contributed by atoms with Crippen molar-refractivity contribution >= 4 is 0 Å². The van der Waals surface area contributed by atoms with Crippen molar-refractivity contribution in [3.63, 3.8) is 0 Å². The normalized spacial score (nSPS) is 12.6. The number of hydrogen-bond acceptors (Lipinski definition) is 3. The van der Waals surface area contributed by atoms with E-state index in [1.165, 1.54) is 12.1 Å². The van der Waals surface area contributed by atoms with E-state index in [1.54, 1.807) is 6.07 Å². The monoisotopic (exact) mass is 277 g/mol. The maximum absolute atomic E-state index is 13.1. The molecule has 4 heteroatoms. The van der Waals surface area contributed by atoms with Crippen LogP contribution < -0.4 is 5.32 Å². The first-order valence-electron chi connectivity index (χ1n) is 6.79. The van der Waals surface area contributed by atoms with E-state index in [0.29, 0.717) is 13.0 Å². The van der Waals surface area contributed by atoms with E-state index in [2.05, 4.69) is 5.32 Å². The van der Waals surface area contributed by atoms with Gasteiger partial charge in [-0.1, -0.05) is 0 Å². The minimum atomic E-state index is -0.238. The molecule has 1 heterocycles. The van der Waals surface area contributed by atoms with Crippen LogP contribution in [-0.2, 0) is 6.54 Å². The van der Waals surface area contributed by atoms with Crippen LogP contribution in [0.1, 0.15) is 24.7 Å². The van der Waals surface area contributed by atoms with Gasteiger partial charge in [0, 0.05) is 18.2 Å². The predicted molar refractivity (Wildman–Crippen MR) is 76.8 cm³/mol. The van der Waals surface area contributed by atoms with Crippen molar-refractivity contribution < 1.29 is 13.9 Å². The Morgan fingerprint density at radius 2 is 2.10 bits per heavy atom. The molecule has 1 aromatic carbocycles. The minimum absolute atomic E-state index is 0.173. The van der Waals surface area contributed by atoms with Gasteiger partial charge in [0.05, 0.1) is 6.54 Å².